The van der Waals surface area contributed by atoms with E-state index in [0.29, 0.717) is 0 Å². The molecule has 0 bridgehead atoms. The third-order valence-corrected chi connectivity index (χ3v) is 5.87. The van der Waals surface area contributed by atoms with Crippen molar-refractivity contribution in [1.29, 1.82) is 0 Å². The number of aromatic nitrogens is 1. The van der Waals surface area contributed by atoms with Crippen molar-refractivity contribution in [2.45, 2.75) is 19.4 Å². The Morgan fingerprint density at radius 2 is 1.59 bits per heavy atom. The van der Waals surface area contributed by atoms with Gasteiger partial charge in [-0.3, -0.25) is 10.1 Å². The highest BCUT2D eigenvalue weighted by Gasteiger charge is 2.16. The van der Waals surface area contributed by atoms with E-state index >= 15 is 0 Å². The molecular formula is C23H28N4O2. The van der Waals surface area contributed by atoms with Crippen molar-refractivity contribution in [3.63, 3.8) is 0 Å². The molecule has 2 heterocycles. The highest BCUT2D eigenvalue weighted by Crippen LogP contribution is 2.22. The summed E-state index contributed by atoms with van der Waals surface area (Å²) in [4.78, 5) is 15.8. The summed E-state index contributed by atoms with van der Waals surface area (Å²) >= 11 is 0. The van der Waals surface area contributed by atoms with Gasteiger partial charge in [0.15, 0.2) is 0 Å². The molecule has 152 valence electrons. The Kier molecular flexibility index (Phi) is 6.22. The van der Waals surface area contributed by atoms with Crippen molar-refractivity contribution in [1.82, 2.24) is 14.4 Å². The number of hydrogen-bond donors (Lipinski definition) is 0. The minimum absolute atomic E-state index is 0.157. The van der Waals surface area contributed by atoms with Gasteiger partial charge in [-0.05, 0) is 37.1 Å². The molecule has 3 aromatic rings. The molecule has 0 radical (unpaired) electrons. The first-order valence-electron chi connectivity index (χ1n) is 10.4. The van der Waals surface area contributed by atoms with Crippen LogP contribution in [0.4, 0.5) is 5.69 Å². The van der Waals surface area contributed by atoms with Crippen LogP contribution in [0.1, 0.15) is 12.0 Å². The van der Waals surface area contributed by atoms with E-state index in [1.807, 2.05) is 18.3 Å². The summed E-state index contributed by atoms with van der Waals surface area (Å²) in [6.07, 6.45) is 4.21. The van der Waals surface area contributed by atoms with Crippen LogP contribution in [0.15, 0.2) is 60.8 Å². The Bertz CT molecular complexity index is 946. The molecule has 0 atom stereocenters. The molecule has 0 unspecified atom stereocenters. The first-order valence-corrected chi connectivity index (χ1v) is 10.4. The van der Waals surface area contributed by atoms with Crippen molar-refractivity contribution in [3.05, 3.63) is 76.5 Å². The molecule has 1 aliphatic heterocycles. The normalized spacial score (nSPS) is 15.7. The zero-order chi connectivity index (χ0) is 20.1. The van der Waals surface area contributed by atoms with Gasteiger partial charge in [-0.1, -0.05) is 30.3 Å². The number of non-ortho nitro benzene ring substituents is 1. The molecule has 2 aromatic carbocycles. The van der Waals surface area contributed by atoms with E-state index in [1.54, 1.807) is 12.1 Å². The molecule has 1 aliphatic rings. The van der Waals surface area contributed by atoms with Crippen LogP contribution in [0.3, 0.4) is 0 Å². The van der Waals surface area contributed by atoms with E-state index in [1.165, 1.54) is 5.56 Å². The van der Waals surface area contributed by atoms with Gasteiger partial charge in [-0.15, -0.1) is 0 Å². The van der Waals surface area contributed by atoms with Crippen LogP contribution in [0.2, 0.25) is 0 Å². The molecule has 0 saturated carbocycles. The lowest BCUT2D eigenvalue weighted by molar-refractivity contribution is -0.384. The van der Waals surface area contributed by atoms with Crippen LogP contribution in [0.25, 0.3) is 10.9 Å². The monoisotopic (exact) mass is 392 g/mol. The van der Waals surface area contributed by atoms with Gasteiger partial charge < -0.3 is 14.4 Å². The molecule has 1 saturated heterocycles. The van der Waals surface area contributed by atoms with E-state index < -0.39 is 0 Å². The molecule has 0 amide bonds. The second-order valence-corrected chi connectivity index (χ2v) is 7.78. The van der Waals surface area contributed by atoms with Crippen LogP contribution in [-0.4, -0.2) is 58.6 Å². The van der Waals surface area contributed by atoms with Gasteiger partial charge in [0.25, 0.3) is 5.69 Å². The molecule has 6 heteroatoms. The summed E-state index contributed by atoms with van der Waals surface area (Å²) in [7, 11) is 0. The Morgan fingerprint density at radius 1 is 0.862 bits per heavy atom. The third-order valence-electron chi connectivity index (χ3n) is 5.87. The average molecular weight is 393 g/mol. The van der Waals surface area contributed by atoms with Crippen LogP contribution in [0, 0.1) is 10.1 Å². The highest BCUT2D eigenvalue weighted by molar-refractivity contribution is 5.82. The Balaban J connectivity index is 1.21. The predicted octanol–water partition coefficient (Wildman–Crippen LogP) is 3.80. The molecule has 1 fully saturated rings. The molecule has 0 N–H and O–H groups in total. The maximum atomic E-state index is 11.0. The summed E-state index contributed by atoms with van der Waals surface area (Å²) in [5, 5.41) is 12.1. The maximum absolute atomic E-state index is 11.0. The first kappa shape index (κ1) is 19.6. The van der Waals surface area contributed by atoms with Gasteiger partial charge in [0.2, 0.25) is 0 Å². The predicted molar refractivity (Wildman–Crippen MR) is 116 cm³/mol. The molecule has 4 rings (SSSR count). The second kappa shape index (κ2) is 9.20. The number of piperazine rings is 1. The van der Waals surface area contributed by atoms with Gasteiger partial charge in [0.05, 0.1) is 10.4 Å². The standard InChI is InChI=1S/C23H28N4O2/c28-27(29)22-8-7-21-10-14-26(23(21)19-22)12-4-11-24-15-17-25(18-16-24)13-9-20-5-2-1-3-6-20/h1-3,5-8,10,14,19H,4,9,11-13,15-18H2. The smallest absolute Gasteiger partial charge is 0.271 e. The van der Waals surface area contributed by atoms with E-state index in [4.69, 9.17) is 0 Å². The van der Waals surface area contributed by atoms with Crippen molar-refractivity contribution < 1.29 is 4.92 Å². The zero-order valence-corrected chi connectivity index (χ0v) is 16.7. The number of nitrogens with zero attached hydrogens (tertiary/aromatic N) is 4. The number of nitro groups is 1. The van der Waals surface area contributed by atoms with E-state index in [9.17, 15) is 10.1 Å². The molecule has 0 spiro atoms. The van der Waals surface area contributed by atoms with Crippen LogP contribution in [0.5, 0.6) is 0 Å². The molecular weight excluding hydrogens is 364 g/mol. The lowest BCUT2D eigenvalue weighted by atomic mass is 10.1. The van der Waals surface area contributed by atoms with Gasteiger partial charge in [-0.2, -0.15) is 0 Å². The Morgan fingerprint density at radius 3 is 2.31 bits per heavy atom. The van der Waals surface area contributed by atoms with E-state index in [-0.39, 0.29) is 10.6 Å². The van der Waals surface area contributed by atoms with Gasteiger partial charge >= 0.3 is 0 Å². The lowest BCUT2D eigenvalue weighted by Gasteiger charge is -2.34. The fourth-order valence-electron chi connectivity index (χ4n) is 4.11. The molecule has 0 aliphatic carbocycles. The number of nitro benzene ring substituents is 1. The number of aryl methyl sites for hydroxylation is 1. The maximum Gasteiger partial charge on any atom is 0.271 e. The summed E-state index contributed by atoms with van der Waals surface area (Å²) in [5.41, 5.74) is 2.52. The fourth-order valence-corrected chi connectivity index (χ4v) is 4.11. The number of rotatable bonds is 8. The fraction of sp³-hybridized carbons (Fsp3) is 0.391. The van der Waals surface area contributed by atoms with Gasteiger partial charge in [0.1, 0.15) is 0 Å². The van der Waals surface area contributed by atoms with Crippen molar-refractivity contribution in [2.75, 3.05) is 39.3 Å². The van der Waals surface area contributed by atoms with Crippen LogP contribution < -0.4 is 0 Å². The summed E-state index contributed by atoms with van der Waals surface area (Å²) in [5.74, 6) is 0. The quantitative estimate of drug-likeness (QED) is 0.432. The van der Waals surface area contributed by atoms with Crippen molar-refractivity contribution >= 4 is 16.6 Å². The Hall–Kier alpha value is -2.70. The van der Waals surface area contributed by atoms with Crippen LogP contribution in [-0.2, 0) is 13.0 Å². The van der Waals surface area contributed by atoms with Crippen LogP contribution >= 0.6 is 0 Å². The largest absolute Gasteiger partial charge is 0.347 e. The first-order chi connectivity index (χ1) is 14.2. The van der Waals surface area contributed by atoms with Gasteiger partial charge in [0, 0.05) is 63.0 Å². The SMILES string of the molecule is O=[N+]([O-])c1ccc2ccn(CCCN3CCN(CCc4ccccc4)CC3)c2c1. The minimum atomic E-state index is -0.325. The summed E-state index contributed by atoms with van der Waals surface area (Å²) < 4.78 is 2.14. The number of hydrogen-bond acceptors (Lipinski definition) is 4. The molecule has 6 nitrogen and oxygen atoms in total. The zero-order valence-electron chi connectivity index (χ0n) is 16.7. The Labute approximate surface area is 171 Å². The molecule has 1 aromatic heterocycles. The van der Waals surface area contributed by atoms with Crippen molar-refractivity contribution in [3.8, 4) is 0 Å². The lowest BCUT2D eigenvalue weighted by Crippen LogP contribution is -2.47. The van der Waals surface area contributed by atoms with E-state index in [0.717, 1.165) is 69.6 Å². The average Bonchev–Trinajstić information content (AvgIpc) is 3.16. The third kappa shape index (κ3) is 5.02. The highest BCUT2D eigenvalue weighted by atomic mass is 16.6. The van der Waals surface area contributed by atoms with Crippen molar-refractivity contribution in [2.24, 2.45) is 0 Å². The van der Waals surface area contributed by atoms with Gasteiger partial charge in [-0.25, -0.2) is 0 Å². The summed E-state index contributed by atoms with van der Waals surface area (Å²) in [6, 6.07) is 17.8. The summed E-state index contributed by atoms with van der Waals surface area (Å²) in [6.45, 7) is 7.59. The number of benzene rings is 2. The van der Waals surface area contributed by atoms with E-state index in [2.05, 4.69) is 44.7 Å². The second-order valence-electron chi connectivity index (χ2n) is 7.78. The minimum Gasteiger partial charge on any atom is -0.347 e. The topological polar surface area (TPSA) is 54.6 Å². The number of fused-ring (bicyclic) bond motifs is 1. The molecule has 29 heavy (non-hydrogen) atoms.